The first kappa shape index (κ1) is 29.9. The number of benzene rings is 1. The van der Waals surface area contributed by atoms with Crippen molar-refractivity contribution >= 4 is 23.8 Å². The van der Waals surface area contributed by atoms with Crippen LogP contribution in [-0.2, 0) is 19.1 Å². The highest BCUT2D eigenvalue weighted by atomic mass is 16.6. The van der Waals surface area contributed by atoms with E-state index >= 15 is 0 Å². The summed E-state index contributed by atoms with van der Waals surface area (Å²) in [6, 6.07) is 3.44. The second kappa shape index (κ2) is 13.3. The van der Waals surface area contributed by atoms with Gasteiger partial charge in [0.15, 0.2) is 0 Å². The number of nitrogens with zero attached hydrogens (tertiary/aromatic N) is 1. The number of hydrogen-bond acceptors (Lipinski definition) is 5. The van der Waals surface area contributed by atoms with Crippen molar-refractivity contribution in [1.29, 1.82) is 0 Å². The zero-order valence-electron chi connectivity index (χ0n) is 22.8. The third-order valence-corrected chi connectivity index (χ3v) is 6.24. The maximum absolute atomic E-state index is 13.9. The summed E-state index contributed by atoms with van der Waals surface area (Å²) in [5, 5.41) is 5.62. The quantitative estimate of drug-likeness (QED) is 0.411. The van der Waals surface area contributed by atoms with Gasteiger partial charge in [-0.3, -0.25) is 14.4 Å². The summed E-state index contributed by atoms with van der Waals surface area (Å²) >= 11 is 0. The maximum Gasteiger partial charge on any atom is 0.408 e. The fourth-order valence-electron chi connectivity index (χ4n) is 4.55. The van der Waals surface area contributed by atoms with Crippen molar-refractivity contribution in [2.24, 2.45) is 5.73 Å². The number of aryl methyl sites for hydroxylation is 2. The Balaban J connectivity index is 2.49. The molecule has 204 valence electrons. The van der Waals surface area contributed by atoms with Crippen molar-refractivity contribution in [2.45, 2.75) is 96.9 Å². The molecule has 0 spiro atoms. The molecule has 2 unspecified atom stereocenters. The molecular formula is C28H42N4O5. The average Bonchev–Trinajstić information content (AvgIpc) is 2.79. The van der Waals surface area contributed by atoms with Crippen LogP contribution < -0.4 is 16.4 Å². The van der Waals surface area contributed by atoms with E-state index in [1.807, 2.05) is 32.0 Å². The van der Waals surface area contributed by atoms with Crippen LogP contribution >= 0.6 is 0 Å². The fourth-order valence-corrected chi connectivity index (χ4v) is 4.55. The number of hydrogen-bond donors (Lipinski definition) is 3. The van der Waals surface area contributed by atoms with Gasteiger partial charge in [-0.05, 0) is 58.6 Å². The third-order valence-electron chi connectivity index (χ3n) is 6.24. The number of carbonyl (C=O) groups excluding carboxylic acids is 4. The molecule has 0 aliphatic heterocycles. The minimum absolute atomic E-state index is 0.0141. The Morgan fingerprint density at radius 3 is 2.38 bits per heavy atom. The van der Waals surface area contributed by atoms with Crippen molar-refractivity contribution in [3.8, 4) is 0 Å². The lowest BCUT2D eigenvalue weighted by Gasteiger charge is -2.35. The third kappa shape index (κ3) is 9.22. The molecule has 1 fully saturated rings. The molecule has 2 atom stereocenters. The zero-order valence-corrected chi connectivity index (χ0v) is 22.8. The molecule has 9 nitrogen and oxygen atoms in total. The highest BCUT2D eigenvalue weighted by molar-refractivity contribution is 5.94. The molecule has 2 rings (SSSR count). The lowest BCUT2D eigenvalue weighted by atomic mass is 9.93. The van der Waals surface area contributed by atoms with Crippen LogP contribution in [0, 0.1) is 13.8 Å². The Morgan fingerprint density at radius 2 is 1.81 bits per heavy atom. The predicted molar refractivity (Wildman–Crippen MR) is 143 cm³/mol. The van der Waals surface area contributed by atoms with Crippen LogP contribution in [0.25, 0.3) is 0 Å². The van der Waals surface area contributed by atoms with Gasteiger partial charge in [0.05, 0.1) is 6.42 Å². The lowest BCUT2D eigenvalue weighted by molar-refractivity contribution is -0.143. The number of ether oxygens (including phenoxy) is 1. The second-order valence-corrected chi connectivity index (χ2v) is 10.8. The molecule has 1 aliphatic rings. The number of primary amides is 1. The highest BCUT2D eigenvalue weighted by Crippen LogP contribution is 2.28. The Kier molecular flexibility index (Phi) is 10.7. The topological polar surface area (TPSA) is 131 Å². The molecule has 1 aromatic rings. The van der Waals surface area contributed by atoms with Crippen LogP contribution in [0.1, 0.15) is 82.0 Å². The van der Waals surface area contributed by atoms with Crippen molar-refractivity contribution in [3.63, 3.8) is 0 Å². The first-order valence-corrected chi connectivity index (χ1v) is 12.9. The van der Waals surface area contributed by atoms with Crippen LogP contribution in [0.5, 0.6) is 0 Å². The molecule has 1 saturated carbocycles. The van der Waals surface area contributed by atoms with E-state index in [0.29, 0.717) is 5.56 Å². The Bertz CT molecular complexity index is 995. The van der Waals surface area contributed by atoms with E-state index in [-0.39, 0.29) is 18.5 Å². The van der Waals surface area contributed by atoms with Gasteiger partial charge < -0.3 is 26.0 Å². The monoisotopic (exact) mass is 514 g/mol. The number of carbonyl (C=O) groups is 4. The number of amides is 4. The van der Waals surface area contributed by atoms with Gasteiger partial charge in [0, 0.05) is 12.6 Å². The zero-order chi connectivity index (χ0) is 27.8. The van der Waals surface area contributed by atoms with Gasteiger partial charge in [0.1, 0.15) is 17.7 Å². The van der Waals surface area contributed by atoms with Crippen molar-refractivity contribution in [2.75, 3.05) is 6.54 Å². The van der Waals surface area contributed by atoms with Crippen LogP contribution in [0.3, 0.4) is 0 Å². The summed E-state index contributed by atoms with van der Waals surface area (Å²) in [5.41, 5.74) is 7.04. The van der Waals surface area contributed by atoms with Crippen LogP contribution in [0.4, 0.5) is 4.79 Å². The first-order chi connectivity index (χ1) is 17.3. The van der Waals surface area contributed by atoms with Gasteiger partial charge in [-0.15, -0.1) is 6.58 Å². The fraction of sp³-hybridized carbons (Fsp3) is 0.571. The van der Waals surface area contributed by atoms with E-state index in [2.05, 4.69) is 17.2 Å². The van der Waals surface area contributed by atoms with Gasteiger partial charge in [-0.1, -0.05) is 49.1 Å². The number of nitrogens with one attached hydrogen (secondary N) is 2. The number of alkyl carbamates (subject to hydrolysis) is 1. The first-order valence-electron chi connectivity index (χ1n) is 12.9. The molecule has 4 N–H and O–H groups in total. The lowest BCUT2D eigenvalue weighted by Crippen LogP contribution is -2.54. The predicted octanol–water partition coefficient (Wildman–Crippen LogP) is 3.58. The highest BCUT2D eigenvalue weighted by Gasteiger charge is 2.37. The summed E-state index contributed by atoms with van der Waals surface area (Å²) in [6.45, 7) is 12.6. The second-order valence-electron chi connectivity index (χ2n) is 10.8. The normalized spacial score (nSPS) is 15.7. The number of nitrogens with two attached hydrogens (primary N) is 1. The molecule has 0 bridgehead atoms. The largest absolute Gasteiger partial charge is 0.444 e. The smallest absolute Gasteiger partial charge is 0.408 e. The Labute approximate surface area is 220 Å². The van der Waals surface area contributed by atoms with E-state index in [4.69, 9.17) is 10.5 Å². The van der Waals surface area contributed by atoms with Gasteiger partial charge in [-0.2, -0.15) is 0 Å². The SMILES string of the molecule is C=CCN(C(=O)C(CC(N)=O)NC(=O)OC(C)(C)C)C(C(=O)NC1CCCCC1)c1cc(C)ccc1C. The molecule has 1 aromatic carbocycles. The van der Waals surface area contributed by atoms with Crippen LogP contribution in [0.2, 0.25) is 0 Å². The minimum atomic E-state index is -1.32. The van der Waals surface area contributed by atoms with E-state index in [1.54, 1.807) is 20.8 Å². The van der Waals surface area contributed by atoms with E-state index < -0.39 is 42.0 Å². The molecular weight excluding hydrogens is 472 g/mol. The Morgan fingerprint density at radius 1 is 1.16 bits per heavy atom. The maximum atomic E-state index is 13.9. The van der Waals surface area contributed by atoms with Crippen molar-refractivity contribution in [1.82, 2.24) is 15.5 Å². The molecule has 0 saturated heterocycles. The molecule has 0 aromatic heterocycles. The molecule has 9 heteroatoms. The summed E-state index contributed by atoms with van der Waals surface area (Å²) in [6.07, 6.45) is 5.17. The molecule has 37 heavy (non-hydrogen) atoms. The summed E-state index contributed by atoms with van der Waals surface area (Å²) in [4.78, 5) is 53.4. The summed E-state index contributed by atoms with van der Waals surface area (Å²) < 4.78 is 5.30. The van der Waals surface area contributed by atoms with Gasteiger partial charge in [0.2, 0.25) is 17.7 Å². The van der Waals surface area contributed by atoms with E-state index in [1.165, 1.54) is 11.0 Å². The van der Waals surface area contributed by atoms with Gasteiger partial charge in [0.25, 0.3) is 0 Å². The van der Waals surface area contributed by atoms with Gasteiger partial charge in [-0.25, -0.2) is 4.79 Å². The Hall–Kier alpha value is -3.36. The molecule has 1 aliphatic carbocycles. The molecule has 0 heterocycles. The van der Waals surface area contributed by atoms with Crippen LogP contribution in [0.15, 0.2) is 30.9 Å². The molecule has 0 radical (unpaired) electrons. The average molecular weight is 515 g/mol. The van der Waals surface area contributed by atoms with Crippen molar-refractivity contribution < 1.29 is 23.9 Å². The van der Waals surface area contributed by atoms with Crippen molar-refractivity contribution in [3.05, 3.63) is 47.5 Å². The minimum Gasteiger partial charge on any atom is -0.444 e. The summed E-state index contributed by atoms with van der Waals surface area (Å²) in [7, 11) is 0. The summed E-state index contributed by atoms with van der Waals surface area (Å²) in [5.74, 6) is -1.72. The van der Waals surface area contributed by atoms with Gasteiger partial charge >= 0.3 is 6.09 Å². The number of rotatable bonds is 10. The van der Waals surface area contributed by atoms with E-state index in [0.717, 1.165) is 43.2 Å². The van der Waals surface area contributed by atoms with E-state index in [9.17, 15) is 19.2 Å². The molecule has 4 amide bonds. The van der Waals surface area contributed by atoms with Crippen LogP contribution in [-0.4, -0.2) is 52.9 Å². The standard InChI is InChI=1S/C28H42N4O5/c1-7-15-32(26(35)22(17-23(29)33)31-27(36)37-28(4,5)6)24(21-16-18(2)13-14-19(21)3)25(34)30-20-11-9-8-10-12-20/h7,13-14,16,20,22,24H,1,8-12,15,17H2,2-6H3,(H2,29,33)(H,30,34)(H,31,36).